The van der Waals surface area contributed by atoms with Gasteiger partial charge in [-0.15, -0.1) is 0 Å². The molecule has 0 aromatic carbocycles. The average Bonchev–Trinajstić information content (AvgIpc) is 2.36. The second kappa shape index (κ2) is 4.52. The van der Waals surface area contributed by atoms with Crippen molar-refractivity contribution in [2.45, 2.75) is 63.3 Å². The molecule has 0 radical (unpaired) electrons. The van der Waals surface area contributed by atoms with E-state index in [1.165, 1.54) is 44.2 Å². The average molecular weight is 271 g/mol. The van der Waals surface area contributed by atoms with E-state index in [9.17, 15) is 0 Å². The van der Waals surface area contributed by atoms with Gasteiger partial charge < -0.3 is 5.73 Å². The van der Waals surface area contributed by atoms with Crippen molar-refractivity contribution in [2.75, 3.05) is 0 Å². The Kier molecular flexibility index (Phi) is 2.88. The van der Waals surface area contributed by atoms with E-state index in [-0.39, 0.29) is 6.04 Å². The molecule has 4 fully saturated rings. The van der Waals surface area contributed by atoms with Crippen molar-refractivity contribution < 1.29 is 0 Å². The number of hydrogen-bond donors (Lipinski definition) is 1. The first-order valence-corrected chi connectivity index (χ1v) is 8.20. The Morgan fingerprint density at radius 3 is 2.30 bits per heavy atom. The maximum atomic E-state index is 5.92. The molecule has 0 spiro atoms. The zero-order chi connectivity index (χ0) is 13.7. The minimum atomic E-state index is 0.175. The van der Waals surface area contributed by atoms with Crippen LogP contribution in [0.5, 0.6) is 0 Å². The van der Waals surface area contributed by atoms with E-state index in [0.29, 0.717) is 5.41 Å². The van der Waals surface area contributed by atoms with Gasteiger partial charge in [-0.05, 0) is 69.3 Å². The maximum Gasteiger partial charge on any atom is 0.115 e. The summed E-state index contributed by atoms with van der Waals surface area (Å²) in [5, 5.41) is 0. The highest BCUT2D eigenvalue weighted by Gasteiger charge is 2.52. The normalized spacial score (nSPS) is 40.0. The van der Waals surface area contributed by atoms with Crippen LogP contribution < -0.4 is 5.73 Å². The van der Waals surface area contributed by atoms with Crippen LogP contribution >= 0.6 is 0 Å². The van der Waals surface area contributed by atoms with E-state index in [1.54, 1.807) is 6.33 Å². The number of rotatable bonds is 3. The summed E-state index contributed by atoms with van der Waals surface area (Å²) >= 11 is 0. The monoisotopic (exact) mass is 271 g/mol. The van der Waals surface area contributed by atoms with E-state index in [0.717, 1.165) is 29.9 Å². The van der Waals surface area contributed by atoms with Gasteiger partial charge in [-0.25, -0.2) is 9.97 Å². The minimum absolute atomic E-state index is 0.175. The zero-order valence-electron chi connectivity index (χ0n) is 12.4. The fourth-order valence-corrected chi connectivity index (χ4v) is 5.55. The molecule has 2 N–H and O–H groups in total. The van der Waals surface area contributed by atoms with Crippen molar-refractivity contribution in [2.24, 2.45) is 23.5 Å². The third-order valence-corrected chi connectivity index (χ3v) is 5.84. The molecule has 108 valence electrons. The van der Waals surface area contributed by atoms with Crippen LogP contribution in [0.2, 0.25) is 0 Å². The molecule has 4 saturated carbocycles. The molecule has 3 heteroatoms. The Bertz CT molecular complexity index is 473. The summed E-state index contributed by atoms with van der Waals surface area (Å²) in [6, 6.07) is 2.44. The van der Waals surface area contributed by atoms with Crippen LogP contribution in [-0.4, -0.2) is 16.0 Å². The van der Waals surface area contributed by atoms with Crippen molar-refractivity contribution in [1.29, 1.82) is 0 Å². The maximum absolute atomic E-state index is 5.92. The molecule has 20 heavy (non-hydrogen) atoms. The fraction of sp³-hybridized carbons (Fsp3) is 0.765. The molecular formula is C17H25N3. The molecule has 4 aliphatic carbocycles. The van der Waals surface area contributed by atoms with Gasteiger partial charge >= 0.3 is 0 Å². The summed E-state index contributed by atoms with van der Waals surface area (Å²) in [5.74, 6) is 2.90. The van der Waals surface area contributed by atoms with Gasteiger partial charge in [-0.2, -0.15) is 0 Å². The van der Waals surface area contributed by atoms with E-state index in [2.05, 4.69) is 16.0 Å². The lowest BCUT2D eigenvalue weighted by atomic mass is 9.49. The molecule has 3 nitrogen and oxygen atoms in total. The van der Waals surface area contributed by atoms with Crippen LogP contribution in [-0.2, 0) is 11.8 Å². The highest BCUT2D eigenvalue weighted by atomic mass is 14.9. The van der Waals surface area contributed by atoms with E-state index in [4.69, 9.17) is 5.73 Å². The molecule has 4 aliphatic rings. The second-order valence-electron chi connectivity index (χ2n) is 7.77. The van der Waals surface area contributed by atoms with Crippen molar-refractivity contribution >= 4 is 0 Å². The molecule has 1 heterocycles. The van der Waals surface area contributed by atoms with Crippen LogP contribution in [0.1, 0.15) is 56.8 Å². The second-order valence-corrected chi connectivity index (χ2v) is 7.77. The molecule has 4 bridgehead atoms. The number of nitrogens with zero attached hydrogens (tertiary/aromatic N) is 2. The number of hydrogen-bond acceptors (Lipinski definition) is 3. The third kappa shape index (κ3) is 2.07. The van der Waals surface area contributed by atoms with E-state index >= 15 is 0 Å². The summed E-state index contributed by atoms with van der Waals surface area (Å²) in [6.07, 6.45) is 11.2. The lowest BCUT2D eigenvalue weighted by Crippen LogP contribution is -2.49. The first kappa shape index (κ1) is 12.8. The van der Waals surface area contributed by atoms with Crippen molar-refractivity contribution in [1.82, 2.24) is 9.97 Å². The van der Waals surface area contributed by atoms with Gasteiger partial charge in [0.05, 0.1) is 5.69 Å². The molecule has 0 saturated heterocycles. The first-order valence-electron chi connectivity index (χ1n) is 8.20. The molecule has 1 atom stereocenters. The summed E-state index contributed by atoms with van der Waals surface area (Å²) < 4.78 is 0. The summed E-state index contributed by atoms with van der Waals surface area (Å²) in [5.41, 5.74) is 8.75. The van der Waals surface area contributed by atoms with Crippen LogP contribution in [0.4, 0.5) is 0 Å². The van der Waals surface area contributed by atoms with Gasteiger partial charge in [0.1, 0.15) is 6.33 Å². The smallest absolute Gasteiger partial charge is 0.115 e. The topological polar surface area (TPSA) is 51.8 Å². The van der Waals surface area contributed by atoms with Gasteiger partial charge in [0.2, 0.25) is 0 Å². The van der Waals surface area contributed by atoms with Crippen LogP contribution in [0.3, 0.4) is 0 Å². The molecule has 5 rings (SSSR count). The quantitative estimate of drug-likeness (QED) is 0.919. The zero-order valence-corrected chi connectivity index (χ0v) is 12.4. The third-order valence-electron chi connectivity index (χ3n) is 5.84. The van der Waals surface area contributed by atoms with Gasteiger partial charge in [-0.1, -0.05) is 0 Å². The molecular weight excluding hydrogens is 246 g/mol. The Hall–Kier alpha value is -0.960. The lowest BCUT2D eigenvalue weighted by Gasteiger charge is -2.56. The van der Waals surface area contributed by atoms with Crippen LogP contribution in [0, 0.1) is 17.8 Å². The highest BCUT2D eigenvalue weighted by molar-refractivity contribution is 5.24. The van der Waals surface area contributed by atoms with Crippen LogP contribution in [0.25, 0.3) is 0 Å². The number of aromatic nitrogens is 2. The Morgan fingerprint density at radius 1 is 1.15 bits per heavy atom. The SMILES string of the molecule is CC(N)Cc1cc(C23CC4CC(CC(C4)C2)C3)ncn1. The predicted octanol–water partition coefficient (Wildman–Crippen LogP) is 2.83. The molecule has 1 aromatic heterocycles. The standard InChI is InChI=1S/C17H25N3/c1-11(18)2-15-6-16(20-10-19-15)17-7-12-3-13(8-17)5-14(4-12)9-17/h6,10-14H,2-5,7-9,18H2,1H3. The Labute approximate surface area is 121 Å². The summed E-state index contributed by atoms with van der Waals surface area (Å²) in [4.78, 5) is 9.10. The van der Waals surface area contributed by atoms with Gasteiger partial charge in [0.25, 0.3) is 0 Å². The Balaban J connectivity index is 1.66. The largest absolute Gasteiger partial charge is 0.328 e. The molecule has 1 aromatic rings. The summed E-state index contributed by atoms with van der Waals surface area (Å²) in [6.45, 7) is 2.05. The van der Waals surface area contributed by atoms with Crippen LogP contribution in [0.15, 0.2) is 12.4 Å². The fourth-order valence-electron chi connectivity index (χ4n) is 5.55. The van der Waals surface area contributed by atoms with E-state index < -0.39 is 0 Å². The lowest BCUT2D eigenvalue weighted by molar-refractivity contribution is -0.00731. The van der Waals surface area contributed by atoms with E-state index in [1.807, 2.05) is 6.92 Å². The summed E-state index contributed by atoms with van der Waals surface area (Å²) in [7, 11) is 0. The van der Waals surface area contributed by atoms with Crippen molar-refractivity contribution in [3.05, 3.63) is 23.8 Å². The molecule has 1 unspecified atom stereocenters. The molecule has 0 amide bonds. The molecule has 0 aliphatic heterocycles. The van der Waals surface area contributed by atoms with Gasteiger partial charge in [0.15, 0.2) is 0 Å². The van der Waals surface area contributed by atoms with Crippen molar-refractivity contribution in [3.63, 3.8) is 0 Å². The first-order chi connectivity index (χ1) is 9.63. The predicted molar refractivity (Wildman–Crippen MR) is 79.2 cm³/mol. The van der Waals surface area contributed by atoms with Gasteiger partial charge in [-0.3, -0.25) is 0 Å². The van der Waals surface area contributed by atoms with Crippen molar-refractivity contribution in [3.8, 4) is 0 Å². The van der Waals surface area contributed by atoms with Gasteiger partial charge in [0, 0.05) is 23.6 Å². The number of nitrogens with two attached hydrogens (primary N) is 1. The highest BCUT2D eigenvalue weighted by Crippen LogP contribution is 2.60. The minimum Gasteiger partial charge on any atom is -0.328 e. The Morgan fingerprint density at radius 2 is 1.75 bits per heavy atom.